The highest BCUT2D eigenvalue weighted by molar-refractivity contribution is 5.97. The Bertz CT molecular complexity index is 1990. The largest absolute Gasteiger partial charge is 0.481 e. The van der Waals surface area contributed by atoms with Gasteiger partial charge in [-0.2, -0.15) is 0 Å². The van der Waals surface area contributed by atoms with E-state index in [4.69, 9.17) is 46.3 Å². The quantitative estimate of drug-likeness (QED) is 0.0518. The molecule has 0 aromatic heterocycles. The standard InChI is InChI=1S/C23H33N5O6.C19H25N5O6/c1-3-32-20(29)13-19(22(30)33-4-2)27-11-9-26(10-12-27)14-18-15-28(23(31)34-18)17-7-5-16(6-8-17)21(24)25;20-17(21)12-1-3-13(4-2-12)24-11-14(30-19(24)29)10-22-5-7-23(8-6-22)15(18(27)28)9-16(25)26/h5-8,18-19H,3-4,9-15H2,1-2H3,(H3,24,25);1-4,14-15H,5-11H2,(H3,20,21)(H,25,26)(H,27,28). The summed E-state index contributed by atoms with van der Waals surface area (Å²) in [6.45, 7) is 10.4. The first-order chi connectivity index (χ1) is 30.6. The van der Waals surface area contributed by atoms with Gasteiger partial charge in [0.2, 0.25) is 0 Å². The number of hydrogen-bond donors (Lipinski definition) is 6. The number of carboxylic acids is 2. The maximum atomic E-state index is 12.4. The lowest BCUT2D eigenvalue weighted by atomic mass is 10.1. The summed E-state index contributed by atoms with van der Waals surface area (Å²) >= 11 is 0. The number of rotatable bonds is 18. The topological polar surface area (TPSA) is 299 Å². The van der Waals surface area contributed by atoms with Crippen molar-refractivity contribution in [3.8, 4) is 0 Å². The number of nitrogens with zero attached hydrogens (tertiary/aromatic N) is 6. The molecule has 0 spiro atoms. The third-order valence-electron chi connectivity index (χ3n) is 11.2. The highest BCUT2D eigenvalue weighted by Gasteiger charge is 2.38. The molecular formula is C42H58N10O12. The SMILES string of the molecule is CCOC(=O)CC(C(=O)OCC)N1CCN(CC2CN(c3ccc(C(=N)N)cc3)C(=O)O2)CC1.N=C(N)c1ccc(N2CC(CN3CCN(C(CC(=O)O)C(=O)O)CC3)OC2=O)cc1. The Hall–Kier alpha value is -6.36. The zero-order valence-electron chi connectivity index (χ0n) is 36.1. The molecule has 6 rings (SSSR count). The van der Waals surface area contributed by atoms with Crippen LogP contribution in [0.1, 0.15) is 37.8 Å². The molecule has 0 saturated carbocycles. The molecule has 2 aromatic rings. The van der Waals surface area contributed by atoms with E-state index in [2.05, 4.69) is 9.80 Å². The van der Waals surface area contributed by atoms with Crippen molar-refractivity contribution in [2.45, 2.75) is 51.0 Å². The minimum atomic E-state index is -1.14. The molecule has 2 aromatic carbocycles. The summed E-state index contributed by atoms with van der Waals surface area (Å²) in [5.41, 5.74) is 13.5. The van der Waals surface area contributed by atoms with Crippen molar-refractivity contribution in [3.63, 3.8) is 0 Å². The number of anilines is 2. The van der Waals surface area contributed by atoms with E-state index < -0.39 is 54.6 Å². The van der Waals surface area contributed by atoms with E-state index in [9.17, 15) is 33.9 Å². The Morgan fingerprint density at radius 2 is 1.06 bits per heavy atom. The highest BCUT2D eigenvalue weighted by Crippen LogP contribution is 2.25. The number of carboxylic acid groups (broad SMARTS) is 2. The van der Waals surface area contributed by atoms with Gasteiger partial charge in [-0.25, -0.2) is 9.59 Å². The predicted molar refractivity (Wildman–Crippen MR) is 232 cm³/mol. The Morgan fingerprint density at radius 1 is 0.656 bits per heavy atom. The lowest BCUT2D eigenvalue weighted by Crippen LogP contribution is -2.54. The van der Waals surface area contributed by atoms with Gasteiger partial charge in [-0.05, 0) is 62.4 Å². The van der Waals surface area contributed by atoms with Crippen LogP contribution in [0.15, 0.2) is 48.5 Å². The van der Waals surface area contributed by atoms with Crippen molar-refractivity contribution in [1.29, 1.82) is 10.8 Å². The highest BCUT2D eigenvalue weighted by atomic mass is 16.6. The third kappa shape index (κ3) is 13.3. The number of nitrogens with two attached hydrogens (primary N) is 2. The molecule has 8 N–H and O–H groups in total. The molecule has 4 unspecified atom stereocenters. The van der Waals surface area contributed by atoms with Crippen LogP contribution in [0.4, 0.5) is 21.0 Å². The average molecular weight is 895 g/mol. The molecule has 22 heteroatoms. The normalized spacial score (nSPS) is 20.6. The number of nitrogens with one attached hydrogen (secondary N) is 2. The lowest BCUT2D eigenvalue weighted by molar-refractivity contribution is -0.157. The third-order valence-corrected chi connectivity index (χ3v) is 11.2. The molecule has 0 radical (unpaired) electrons. The number of aliphatic carboxylic acids is 2. The smallest absolute Gasteiger partial charge is 0.414 e. The second kappa shape index (κ2) is 22.8. The van der Waals surface area contributed by atoms with Crippen molar-refractivity contribution in [3.05, 3.63) is 59.7 Å². The summed E-state index contributed by atoms with van der Waals surface area (Å²) in [6.07, 6.45) is -1.94. The summed E-state index contributed by atoms with van der Waals surface area (Å²) in [5, 5.41) is 33.1. The first-order valence-electron chi connectivity index (χ1n) is 21.1. The van der Waals surface area contributed by atoms with Crippen LogP contribution >= 0.6 is 0 Å². The molecule has 0 aliphatic carbocycles. The summed E-state index contributed by atoms with van der Waals surface area (Å²) in [7, 11) is 0. The molecule has 2 amide bonds. The van der Waals surface area contributed by atoms with Crippen LogP contribution in [0.2, 0.25) is 0 Å². The molecule has 4 saturated heterocycles. The number of amides is 2. The fourth-order valence-corrected chi connectivity index (χ4v) is 7.90. The molecule has 348 valence electrons. The van der Waals surface area contributed by atoms with E-state index in [0.29, 0.717) is 101 Å². The summed E-state index contributed by atoms with van der Waals surface area (Å²) < 4.78 is 21.2. The van der Waals surface area contributed by atoms with Crippen LogP contribution < -0.4 is 21.3 Å². The van der Waals surface area contributed by atoms with Gasteiger partial charge in [0.25, 0.3) is 0 Å². The molecular weight excluding hydrogens is 837 g/mol. The second-order valence-corrected chi connectivity index (χ2v) is 15.6. The van der Waals surface area contributed by atoms with Crippen LogP contribution in [-0.2, 0) is 38.1 Å². The van der Waals surface area contributed by atoms with Crippen LogP contribution in [0.5, 0.6) is 0 Å². The molecule has 4 atom stereocenters. The maximum Gasteiger partial charge on any atom is 0.414 e. The van der Waals surface area contributed by atoms with E-state index in [0.717, 1.165) is 0 Å². The number of amidine groups is 2. The Balaban J connectivity index is 0.000000243. The van der Waals surface area contributed by atoms with Crippen LogP contribution in [0.3, 0.4) is 0 Å². The Morgan fingerprint density at radius 3 is 1.42 bits per heavy atom. The molecule has 0 bridgehead atoms. The molecule has 4 heterocycles. The molecule has 4 fully saturated rings. The van der Waals surface area contributed by atoms with E-state index in [1.54, 1.807) is 72.2 Å². The second-order valence-electron chi connectivity index (χ2n) is 15.6. The number of nitrogen functional groups attached to an aromatic ring is 2. The molecule has 64 heavy (non-hydrogen) atoms. The van der Waals surface area contributed by atoms with Gasteiger partial charge in [0.15, 0.2) is 0 Å². The number of carbonyl (C=O) groups is 6. The molecule has 4 aliphatic rings. The summed E-state index contributed by atoms with van der Waals surface area (Å²) in [5.74, 6) is -3.19. The number of cyclic esters (lactones) is 2. The van der Waals surface area contributed by atoms with Gasteiger partial charge in [-0.3, -0.25) is 59.4 Å². The Labute approximate surface area is 370 Å². The lowest BCUT2D eigenvalue weighted by Gasteiger charge is -2.38. The van der Waals surface area contributed by atoms with Crippen LogP contribution in [0.25, 0.3) is 0 Å². The van der Waals surface area contributed by atoms with Gasteiger partial charge in [-0.15, -0.1) is 0 Å². The zero-order chi connectivity index (χ0) is 46.5. The minimum Gasteiger partial charge on any atom is -0.481 e. The number of carbonyl (C=O) groups excluding carboxylic acids is 4. The van der Waals surface area contributed by atoms with Crippen LogP contribution in [0, 0.1) is 10.8 Å². The first-order valence-corrected chi connectivity index (χ1v) is 21.1. The van der Waals surface area contributed by atoms with Gasteiger partial charge in [-0.1, -0.05) is 0 Å². The number of benzene rings is 2. The summed E-state index contributed by atoms with van der Waals surface area (Å²) in [4.78, 5) is 82.3. The Kier molecular flexibility index (Phi) is 17.4. The van der Waals surface area contributed by atoms with E-state index in [1.807, 2.05) is 4.90 Å². The molecule has 22 nitrogen and oxygen atoms in total. The molecule has 4 aliphatic heterocycles. The minimum absolute atomic E-state index is 0.0278. The van der Waals surface area contributed by atoms with Crippen molar-refractivity contribution in [2.75, 3.05) is 102 Å². The van der Waals surface area contributed by atoms with Gasteiger partial charge in [0.05, 0.1) is 39.1 Å². The van der Waals surface area contributed by atoms with Crippen molar-refractivity contribution < 1.29 is 57.9 Å². The number of esters is 2. The van der Waals surface area contributed by atoms with Gasteiger partial charge >= 0.3 is 36.1 Å². The summed E-state index contributed by atoms with van der Waals surface area (Å²) in [6, 6.07) is 12.0. The predicted octanol–water partition coefficient (Wildman–Crippen LogP) is 0.640. The maximum absolute atomic E-state index is 12.4. The number of hydrogen-bond acceptors (Lipinski definition) is 16. The van der Waals surface area contributed by atoms with Crippen LogP contribution in [-0.4, -0.2) is 194 Å². The van der Waals surface area contributed by atoms with E-state index in [-0.39, 0.29) is 43.5 Å². The fraction of sp³-hybridized carbons (Fsp3) is 0.524. The zero-order valence-corrected chi connectivity index (χ0v) is 36.1. The fourth-order valence-electron chi connectivity index (χ4n) is 7.90. The van der Waals surface area contributed by atoms with E-state index >= 15 is 0 Å². The number of ether oxygens (including phenoxy) is 4. The van der Waals surface area contributed by atoms with Crippen molar-refractivity contribution in [1.82, 2.24) is 19.6 Å². The van der Waals surface area contributed by atoms with Crippen molar-refractivity contribution >= 4 is 59.1 Å². The van der Waals surface area contributed by atoms with Gasteiger partial charge < -0.3 is 40.6 Å². The monoisotopic (exact) mass is 894 g/mol. The van der Waals surface area contributed by atoms with E-state index in [1.165, 1.54) is 4.90 Å². The van der Waals surface area contributed by atoms with Gasteiger partial charge in [0, 0.05) is 87.9 Å². The number of piperazine rings is 2. The van der Waals surface area contributed by atoms with Gasteiger partial charge in [0.1, 0.15) is 36.0 Å². The average Bonchev–Trinajstić information content (AvgIpc) is 3.82. The van der Waals surface area contributed by atoms with Crippen molar-refractivity contribution in [2.24, 2.45) is 11.5 Å². The first kappa shape index (κ1) is 48.7.